The molecular weight excluding hydrogens is 267 g/mol. The van der Waals surface area contributed by atoms with E-state index in [1.165, 1.54) is 6.07 Å². The van der Waals surface area contributed by atoms with Gasteiger partial charge in [0.1, 0.15) is 0 Å². The highest BCUT2D eigenvalue weighted by Gasteiger charge is 2.34. The van der Waals surface area contributed by atoms with Gasteiger partial charge in [-0.25, -0.2) is 14.4 Å². The number of hydrogen-bond acceptors (Lipinski definition) is 3. The molecule has 19 heavy (non-hydrogen) atoms. The topological polar surface area (TPSA) is 35.0 Å². The molecule has 0 saturated carbocycles. The molecule has 0 bridgehead atoms. The molecular formula is C14H12ClFN2O. The molecule has 1 aromatic carbocycles. The second-order valence-corrected chi connectivity index (χ2v) is 5.56. The number of benzene rings is 1. The first-order valence-corrected chi connectivity index (χ1v) is 6.31. The minimum atomic E-state index is -0.368. The molecule has 2 aromatic rings. The molecule has 2 heterocycles. The third-order valence-electron chi connectivity index (χ3n) is 3.27. The van der Waals surface area contributed by atoms with E-state index in [9.17, 15) is 4.39 Å². The lowest BCUT2D eigenvalue weighted by Crippen LogP contribution is -2.18. The summed E-state index contributed by atoms with van der Waals surface area (Å²) < 4.78 is 19.5. The summed E-state index contributed by atoms with van der Waals surface area (Å²) in [5.41, 5.74) is 1.93. The highest BCUT2D eigenvalue weighted by molar-refractivity contribution is 6.28. The van der Waals surface area contributed by atoms with E-state index in [1.54, 1.807) is 12.3 Å². The molecule has 0 aliphatic carbocycles. The third kappa shape index (κ3) is 2.06. The Morgan fingerprint density at radius 2 is 2.16 bits per heavy atom. The normalized spacial score (nSPS) is 16.0. The van der Waals surface area contributed by atoms with Crippen molar-refractivity contribution in [3.63, 3.8) is 0 Å². The zero-order chi connectivity index (χ0) is 13.6. The number of rotatable bonds is 1. The summed E-state index contributed by atoms with van der Waals surface area (Å²) in [6.07, 6.45) is 1.55. The molecule has 98 valence electrons. The molecule has 3 rings (SSSR count). The largest absolute Gasteiger partial charge is 0.489 e. The highest BCUT2D eigenvalue weighted by atomic mass is 35.5. The fraction of sp³-hybridized carbons (Fsp3) is 0.286. The number of fused-ring (bicyclic) bond motifs is 1. The van der Waals surface area contributed by atoms with Crippen molar-refractivity contribution in [2.75, 3.05) is 6.61 Å². The van der Waals surface area contributed by atoms with Gasteiger partial charge in [0, 0.05) is 22.7 Å². The molecule has 0 atom stereocenters. The lowest BCUT2D eigenvalue weighted by molar-refractivity contribution is 0.282. The Balaban J connectivity index is 2.18. The molecule has 0 N–H and O–H groups in total. The number of ether oxygens (including phenoxy) is 1. The Morgan fingerprint density at radius 1 is 1.37 bits per heavy atom. The zero-order valence-electron chi connectivity index (χ0n) is 10.6. The van der Waals surface area contributed by atoms with Crippen LogP contribution >= 0.6 is 11.6 Å². The van der Waals surface area contributed by atoms with Crippen LogP contribution in [0.5, 0.6) is 5.75 Å². The van der Waals surface area contributed by atoms with E-state index in [1.807, 2.05) is 19.9 Å². The SMILES string of the molecule is CC1(C)COc2c(F)cc(-c3ccnc(Cl)n3)cc21. The zero-order valence-corrected chi connectivity index (χ0v) is 11.3. The quantitative estimate of drug-likeness (QED) is 0.748. The van der Waals surface area contributed by atoms with Crippen LogP contribution in [-0.2, 0) is 5.41 Å². The lowest BCUT2D eigenvalue weighted by Gasteiger charge is -2.15. The van der Waals surface area contributed by atoms with Gasteiger partial charge in [0.05, 0.1) is 12.3 Å². The van der Waals surface area contributed by atoms with Crippen LogP contribution in [0.4, 0.5) is 4.39 Å². The standard InChI is InChI=1S/C14H12ClFN2O/c1-14(2)7-19-12-9(14)5-8(6-10(12)16)11-3-4-17-13(15)18-11/h3-6H,7H2,1-2H3. The van der Waals surface area contributed by atoms with Gasteiger partial charge in [-0.3, -0.25) is 0 Å². The Hall–Kier alpha value is -1.68. The first-order valence-electron chi connectivity index (χ1n) is 5.93. The third-order valence-corrected chi connectivity index (χ3v) is 3.45. The molecule has 0 fully saturated rings. The van der Waals surface area contributed by atoms with E-state index in [0.29, 0.717) is 23.6 Å². The van der Waals surface area contributed by atoms with Crippen molar-refractivity contribution in [1.82, 2.24) is 9.97 Å². The van der Waals surface area contributed by atoms with Crippen molar-refractivity contribution < 1.29 is 9.13 Å². The number of aromatic nitrogens is 2. The van der Waals surface area contributed by atoms with Crippen LogP contribution in [0, 0.1) is 5.82 Å². The van der Waals surface area contributed by atoms with Crippen LogP contribution < -0.4 is 4.74 Å². The highest BCUT2D eigenvalue weighted by Crippen LogP contribution is 2.42. The van der Waals surface area contributed by atoms with Gasteiger partial charge in [-0.2, -0.15) is 0 Å². The van der Waals surface area contributed by atoms with Crippen molar-refractivity contribution >= 4 is 11.6 Å². The van der Waals surface area contributed by atoms with Crippen LogP contribution in [-0.4, -0.2) is 16.6 Å². The smallest absolute Gasteiger partial charge is 0.222 e. The summed E-state index contributed by atoms with van der Waals surface area (Å²) in [5, 5.41) is 0.147. The van der Waals surface area contributed by atoms with Gasteiger partial charge in [0.2, 0.25) is 5.28 Å². The maximum absolute atomic E-state index is 14.1. The van der Waals surface area contributed by atoms with Crippen molar-refractivity contribution in [2.45, 2.75) is 19.3 Å². The average molecular weight is 279 g/mol. The van der Waals surface area contributed by atoms with Gasteiger partial charge in [-0.15, -0.1) is 0 Å². The number of nitrogens with zero attached hydrogens (tertiary/aromatic N) is 2. The van der Waals surface area contributed by atoms with Crippen molar-refractivity contribution in [3.05, 3.63) is 41.1 Å². The molecule has 0 amide bonds. The van der Waals surface area contributed by atoms with E-state index in [0.717, 1.165) is 5.56 Å². The Morgan fingerprint density at radius 3 is 2.89 bits per heavy atom. The number of halogens is 2. The van der Waals surface area contributed by atoms with Gasteiger partial charge in [0.15, 0.2) is 11.6 Å². The molecule has 1 aromatic heterocycles. The van der Waals surface area contributed by atoms with E-state index in [2.05, 4.69) is 9.97 Å². The van der Waals surface area contributed by atoms with E-state index in [-0.39, 0.29) is 16.5 Å². The summed E-state index contributed by atoms with van der Waals surface area (Å²) in [7, 11) is 0. The molecule has 0 unspecified atom stereocenters. The first-order chi connectivity index (χ1) is 8.97. The molecule has 0 radical (unpaired) electrons. The monoisotopic (exact) mass is 278 g/mol. The van der Waals surface area contributed by atoms with E-state index < -0.39 is 0 Å². The summed E-state index contributed by atoms with van der Waals surface area (Å²) >= 11 is 5.77. The molecule has 5 heteroatoms. The van der Waals surface area contributed by atoms with Crippen LogP contribution in [0.25, 0.3) is 11.3 Å². The second-order valence-electron chi connectivity index (χ2n) is 5.22. The Bertz CT molecular complexity index is 658. The molecule has 0 saturated heterocycles. The Kier molecular flexibility index (Phi) is 2.71. The fourth-order valence-corrected chi connectivity index (χ4v) is 2.36. The summed E-state index contributed by atoms with van der Waals surface area (Å²) in [5.74, 6) is -0.0262. The predicted octanol–water partition coefficient (Wildman–Crippen LogP) is 3.61. The van der Waals surface area contributed by atoms with Gasteiger partial charge in [0.25, 0.3) is 0 Å². The average Bonchev–Trinajstić information content (AvgIpc) is 2.66. The molecule has 0 spiro atoms. The van der Waals surface area contributed by atoms with E-state index >= 15 is 0 Å². The summed E-state index contributed by atoms with van der Waals surface area (Å²) in [6, 6.07) is 5.03. The van der Waals surface area contributed by atoms with Crippen LogP contribution in [0.2, 0.25) is 5.28 Å². The van der Waals surface area contributed by atoms with Crippen LogP contribution in [0.1, 0.15) is 19.4 Å². The van der Waals surface area contributed by atoms with Crippen molar-refractivity contribution in [2.24, 2.45) is 0 Å². The van der Waals surface area contributed by atoms with Gasteiger partial charge in [-0.1, -0.05) is 13.8 Å². The van der Waals surface area contributed by atoms with Crippen LogP contribution in [0.3, 0.4) is 0 Å². The minimum absolute atomic E-state index is 0.147. The predicted molar refractivity (Wildman–Crippen MR) is 71.0 cm³/mol. The molecule has 1 aliphatic rings. The fourth-order valence-electron chi connectivity index (χ4n) is 2.22. The van der Waals surface area contributed by atoms with Gasteiger partial charge in [-0.05, 0) is 29.8 Å². The number of hydrogen-bond donors (Lipinski definition) is 0. The summed E-state index contributed by atoms with van der Waals surface area (Å²) in [6.45, 7) is 4.53. The molecule has 3 nitrogen and oxygen atoms in total. The van der Waals surface area contributed by atoms with Crippen molar-refractivity contribution in [3.8, 4) is 17.0 Å². The first kappa shape index (κ1) is 12.4. The maximum atomic E-state index is 14.1. The maximum Gasteiger partial charge on any atom is 0.222 e. The minimum Gasteiger partial charge on any atom is -0.489 e. The van der Waals surface area contributed by atoms with E-state index in [4.69, 9.17) is 16.3 Å². The second kappa shape index (κ2) is 4.17. The summed E-state index contributed by atoms with van der Waals surface area (Å²) in [4.78, 5) is 7.93. The van der Waals surface area contributed by atoms with Gasteiger partial charge >= 0.3 is 0 Å². The van der Waals surface area contributed by atoms with Crippen LogP contribution in [0.15, 0.2) is 24.4 Å². The lowest BCUT2D eigenvalue weighted by atomic mass is 9.86. The molecule has 1 aliphatic heterocycles. The van der Waals surface area contributed by atoms with Gasteiger partial charge < -0.3 is 4.74 Å². The Labute approximate surface area is 115 Å². The van der Waals surface area contributed by atoms with Crippen molar-refractivity contribution in [1.29, 1.82) is 0 Å².